The number of hydrogen-bond acceptors (Lipinski definition) is 26. The first-order valence-electron chi connectivity index (χ1n) is 45.4. The summed E-state index contributed by atoms with van der Waals surface area (Å²) in [6.45, 7) is 39.8. The van der Waals surface area contributed by atoms with Crippen molar-refractivity contribution in [1.82, 2.24) is 36.4 Å². The molecule has 22 atom stereocenters. The van der Waals surface area contributed by atoms with E-state index < -0.39 is 59.3 Å². The summed E-state index contributed by atoms with van der Waals surface area (Å²) in [4.78, 5) is 81.7. The largest absolute Gasteiger partial charge is 0.499 e. The minimum absolute atomic E-state index is 0.0170. The van der Waals surface area contributed by atoms with Crippen molar-refractivity contribution in [1.29, 1.82) is 0 Å². The topological polar surface area (TPSA) is 426 Å². The SMILES string of the molecule is C=C(NC[C@H]1C2=C(C[C@]3(C)C1[C@@H](N)[C@@H]1CC(C(=O)/C(C)=C(\C=O)OC)=C[C@H]3N1C)C(=O)C(C)=C(C)C2=O)C(C)=O.CCCN1[C@H]([C@H](N)c2ccc(C)c(C)c2C)[C@@H]2NCC3(CNC[C@H]1c1c2cc(C)c2c1OCO2)NCCc1cc(C)c(CN)cc13.CO/C(CO)=C(\C)C(O)C1=C[C@H]2C[C@H]([C@H](N)C3[C@@H](CNC(=O)[C@H](C)N)C4=C(C[C@]32C)C(O)C(C)=C(C)C4O)[C@H]1OC. The lowest BCUT2D eigenvalue weighted by atomic mass is 9.44. The van der Waals surface area contributed by atoms with E-state index in [1.165, 1.54) is 76.8 Å². The van der Waals surface area contributed by atoms with E-state index in [0.717, 1.165) is 85.8 Å². The van der Waals surface area contributed by atoms with Gasteiger partial charge >= 0.3 is 0 Å². The highest BCUT2D eigenvalue weighted by Crippen LogP contribution is 2.64. The zero-order valence-electron chi connectivity index (χ0n) is 78.2. The highest BCUT2D eigenvalue weighted by molar-refractivity contribution is 6.25. The molecule has 7 aliphatic heterocycles. The van der Waals surface area contributed by atoms with Gasteiger partial charge in [-0.2, -0.15) is 0 Å². The summed E-state index contributed by atoms with van der Waals surface area (Å²) in [5.41, 5.74) is 53.6. The molecule has 3 fully saturated rings. The van der Waals surface area contributed by atoms with Gasteiger partial charge in [0, 0.05) is 147 Å². The molecule has 1 amide bonds. The van der Waals surface area contributed by atoms with Crippen molar-refractivity contribution < 1.29 is 72.9 Å². The predicted molar refractivity (Wildman–Crippen MR) is 489 cm³/mol. The number of aryl methyl sites for hydroxylation is 3. The number of allylic oxidation sites excluding steroid dienone is 7. The summed E-state index contributed by atoms with van der Waals surface area (Å²) in [6.07, 6.45) is 5.31. The molecule has 3 aromatic carbocycles. The maximum absolute atomic E-state index is 13.7. The molecule has 6 aliphatic carbocycles. The number of amides is 1. The number of nitrogens with one attached hydrogen (secondary N) is 5. The number of likely N-dealkylation sites (N-methyl/N-ethyl adjacent to an activating group) is 1. The van der Waals surface area contributed by atoms with Crippen LogP contribution in [0.2, 0.25) is 0 Å². The maximum atomic E-state index is 13.7. The molecule has 2 saturated heterocycles. The molecular weight excluding hydrogens is 1610 g/mol. The Morgan fingerprint density at radius 1 is 0.827 bits per heavy atom. The van der Waals surface area contributed by atoms with Crippen molar-refractivity contribution in [2.75, 3.05) is 87.6 Å². The van der Waals surface area contributed by atoms with Crippen LogP contribution < -0.4 is 64.7 Å². The van der Waals surface area contributed by atoms with E-state index in [2.05, 4.69) is 135 Å². The molecule has 19 N–H and O–H groups in total. The highest BCUT2D eigenvalue weighted by Gasteiger charge is 2.64. The van der Waals surface area contributed by atoms with Crippen molar-refractivity contribution >= 4 is 35.3 Å². The molecule has 7 heterocycles. The molecule has 6 bridgehead atoms. The second-order valence-corrected chi connectivity index (χ2v) is 38.7. The first-order valence-corrected chi connectivity index (χ1v) is 45.4. The molecule has 0 radical (unpaired) electrons. The van der Waals surface area contributed by atoms with Gasteiger partial charge in [0.15, 0.2) is 46.7 Å². The summed E-state index contributed by atoms with van der Waals surface area (Å²) in [5.74, 6) is -0.371. The van der Waals surface area contributed by atoms with E-state index >= 15 is 0 Å². The predicted octanol–water partition coefficient (Wildman–Crippen LogP) is 7.31. The number of carbonyl (C=O) groups is 6. The number of aliphatic hydroxyl groups is 4. The number of aldehydes is 1. The van der Waals surface area contributed by atoms with E-state index in [4.69, 9.17) is 52.4 Å². The quantitative estimate of drug-likeness (QED) is 0.0163. The average Bonchev–Trinajstić information content (AvgIpc) is 1.03. The minimum atomic E-state index is -1.03. The Bertz CT molecular complexity index is 5180. The zero-order valence-corrected chi connectivity index (χ0v) is 78.2. The van der Waals surface area contributed by atoms with Crippen LogP contribution in [0.25, 0.3) is 0 Å². The number of hydrogen-bond donors (Lipinski definition) is 14. The number of nitrogens with zero attached hydrogens (tertiary/aromatic N) is 2. The van der Waals surface area contributed by atoms with E-state index in [0.29, 0.717) is 82.4 Å². The van der Waals surface area contributed by atoms with Gasteiger partial charge in [0.1, 0.15) is 18.5 Å². The molecular formula is C100H140N12O15. The lowest BCUT2D eigenvalue weighted by Gasteiger charge is -2.63. The van der Waals surface area contributed by atoms with Crippen LogP contribution in [0.5, 0.6) is 11.5 Å². The van der Waals surface area contributed by atoms with E-state index in [1.807, 2.05) is 27.0 Å². The molecule has 6 unspecified atom stereocenters. The van der Waals surface area contributed by atoms with Crippen LogP contribution in [0.15, 0.2) is 133 Å². The fraction of sp³-hybridized carbons (Fsp3) is 0.580. The molecule has 13 aliphatic rings. The standard InChI is InChI=1S/C38H52N6O2.C31H49N3O7.C31H39N3O6/c1-7-12-44-31-17-41-18-38(30-15-27(16-39)22(3)13-26(30)10-11-43-38)19-42-34(29-14-23(4)36-37(32(29)31)46-20-45-36)35(44)33(40)28-9-8-21(2)24(5)25(28)6;1-13-14(2)28(38)23-20(26(13)36)10-31(5)17-8-18(25(33)24(31)21(23)11-34-30(39)16(4)32)29(41-7)19(9-17)27(37)15(3)22(12-35)40-6;1-14-15(2)30(39)25-20(29(14)38)11-31(6)24-10-19(28(37)16(3)23(13-35)40-8)9-22(34(24)7)27(32)26(31)21(25)12-33-17(4)18(5)36/h8-9,13-15,31,33-35,41-43H,7,10-12,16-20,39-40H2,1-6H3;9,16-18,21,24-29,35-38H,8,10-12,32-33H2,1-7H3,(H,34,39);10,13,21-22,24,26-27,33H,4,9,11-12,32H2,1-3,5-8H3/b;22-15+;23-16+/t31-,33+,34+,35+,38?;16-,17+,18+,21-,24?,25-,26?,27?,28?,29+,31-;21-,22-,24+,26?,27-,31-/m000/s1. The van der Waals surface area contributed by atoms with E-state index in [-0.39, 0.29) is 144 Å². The number of rotatable bonds is 21. The summed E-state index contributed by atoms with van der Waals surface area (Å²) in [7, 11) is 6.39. The molecule has 0 aromatic heterocycles. The molecule has 27 nitrogen and oxygen atoms in total. The van der Waals surface area contributed by atoms with Crippen LogP contribution in [0.3, 0.4) is 0 Å². The van der Waals surface area contributed by atoms with Crippen LogP contribution in [-0.2, 0) is 61.5 Å². The van der Waals surface area contributed by atoms with Crippen molar-refractivity contribution in [3.05, 3.63) is 194 Å². The third kappa shape index (κ3) is 16.6. The summed E-state index contributed by atoms with van der Waals surface area (Å²) >= 11 is 0. The number of nitrogens with two attached hydrogens (primary N) is 5. The average molecular weight is 1750 g/mol. The van der Waals surface area contributed by atoms with Gasteiger partial charge in [0.2, 0.25) is 12.7 Å². The van der Waals surface area contributed by atoms with Gasteiger partial charge in [-0.1, -0.05) is 69.8 Å². The number of benzene rings is 3. The van der Waals surface area contributed by atoms with Crippen molar-refractivity contribution in [2.24, 2.45) is 75.0 Å². The third-order valence-corrected chi connectivity index (χ3v) is 32.0. The Morgan fingerprint density at radius 3 is 2.15 bits per heavy atom. The molecule has 690 valence electrons. The van der Waals surface area contributed by atoms with Gasteiger partial charge in [0.25, 0.3) is 0 Å². The first kappa shape index (κ1) is 96.1. The summed E-state index contributed by atoms with van der Waals surface area (Å²) in [5, 5.41) is 62.5. The number of aliphatic hydroxyl groups excluding tert-OH is 4. The Balaban J connectivity index is 0.000000164. The van der Waals surface area contributed by atoms with Crippen molar-refractivity contribution in [3.8, 4) is 11.5 Å². The monoisotopic (exact) mass is 1750 g/mol. The van der Waals surface area contributed by atoms with Gasteiger partial charge in [-0.05, 0) is 258 Å². The van der Waals surface area contributed by atoms with Crippen molar-refractivity contribution in [2.45, 2.75) is 240 Å². The molecule has 127 heavy (non-hydrogen) atoms. The lowest BCUT2D eigenvalue weighted by Crippen LogP contribution is -2.71. The Morgan fingerprint density at radius 2 is 1.50 bits per heavy atom. The van der Waals surface area contributed by atoms with E-state index in [1.54, 1.807) is 41.7 Å². The number of piperidine rings is 1. The number of fused-ring (bicyclic) bond motifs is 14. The van der Waals surface area contributed by atoms with Gasteiger partial charge in [-0.3, -0.25) is 38.6 Å². The van der Waals surface area contributed by atoms with Gasteiger partial charge in [0.05, 0.1) is 61.9 Å². The van der Waals surface area contributed by atoms with Crippen LogP contribution in [-0.4, -0.2) is 214 Å². The maximum Gasteiger partial charge on any atom is 0.236 e. The fourth-order valence-corrected chi connectivity index (χ4v) is 24.5. The molecule has 1 spiro atoms. The fourth-order valence-electron chi connectivity index (χ4n) is 24.5. The van der Waals surface area contributed by atoms with Crippen LogP contribution in [0.4, 0.5) is 0 Å². The number of Topliss-reactive ketones (excluding diaryl/α,β-unsaturated/α-hetero) is 4. The van der Waals surface area contributed by atoms with Gasteiger partial charge < -0.3 is 99.4 Å². The normalized spacial score (nSPS) is 32.3. The van der Waals surface area contributed by atoms with Crippen LogP contribution in [0, 0.1) is 81.0 Å². The van der Waals surface area contributed by atoms with Gasteiger partial charge in [-0.15, -0.1) is 0 Å². The lowest BCUT2D eigenvalue weighted by molar-refractivity contribution is -0.123. The molecule has 16 rings (SSSR count). The van der Waals surface area contributed by atoms with Crippen LogP contribution in [0.1, 0.15) is 188 Å². The number of ether oxygens (including phenoxy) is 5. The smallest absolute Gasteiger partial charge is 0.236 e. The van der Waals surface area contributed by atoms with Crippen LogP contribution >= 0.6 is 0 Å². The van der Waals surface area contributed by atoms with Gasteiger partial charge in [-0.25, -0.2) is 0 Å². The number of ketones is 4. The first-order chi connectivity index (χ1) is 60.1. The second kappa shape index (κ2) is 37.8. The Labute approximate surface area is 749 Å². The number of carbonyl (C=O) groups excluding carboxylic acids is 6. The molecule has 1 saturated carbocycles. The third-order valence-electron chi connectivity index (χ3n) is 32.0. The minimum Gasteiger partial charge on any atom is -0.499 e. The molecule has 3 aromatic rings. The number of methoxy groups -OCH3 is 3. The highest BCUT2D eigenvalue weighted by atomic mass is 16.7. The molecule has 27 heteroatoms. The summed E-state index contributed by atoms with van der Waals surface area (Å²) < 4.78 is 28.7. The Hall–Kier alpha value is -8.46. The Kier molecular flexibility index (Phi) is 28.6. The van der Waals surface area contributed by atoms with Crippen molar-refractivity contribution in [3.63, 3.8) is 0 Å². The summed E-state index contributed by atoms with van der Waals surface area (Å²) in [6, 6.07) is 9.41. The second-order valence-electron chi connectivity index (χ2n) is 38.7. The van der Waals surface area contributed by atoms with E-state index in [9.17, 15) is 49.2 Å². The zero-order chi connectivity index (χ0) is 92.7.